The largest absolute Gasteiger partial charge is 0.492 e. The molecular formula is C30H33ClN4O2. The Bertz CT molecular complexity index is 1260. The molecular weight excluding hydrogens is 484 g/mol. The van der Waals surface area contributed by atoms with Crippen LogP contribution in [0.25, 0.3) is 11.3 Å². The topological polar surface area (TPSA) is 59.5 Å². The van der Waals surface area contributed by atoms with Crippen LogP contribution in [0.2, 0.25) is 5.02 Å². The standard InChI is InChI=1S/C30H33ClN4O2/c1-4-35(5-2)18-19-36-27-16-12-26(13-17-27)33-30-32-22(3)20-29(34-30)24-8-14-28(15-9-24)37-21-23-6-10-25(31)11-7-23/h6-17,20H,4-5,18-19,21H2,1-3H3,(H,32,33,34). The first kappa shape index (κ1) is 26.5. The SMILES string of the molecule is CCN(CC)CCOc1ccc(Nc2nc(C)cc(-c3ccc(OCc4ccc(Cl)cc4)cc3)n2)cc1. The summed E-state index contributed by atoms with van der Waals surface area (Å²) in [7, 11) is 0. The number of nitrogens with zero attached hydrogens (tertiary/aromatic N) is 3. The fourth-order valence-electron chi connectivity index (χ4n) is 3.84. The molecule has 0 bridgehead atoms. The number of aromatic nitrogens is 2. The Morgan fingerprint density at radius 3 is 2.14 bits per heavy atom. The van der Waals surface area contributed by atoms with Gasteiger partial charge in [-0.15, -0.1) is 0 Å². The summed E-state index contributed by atoms with van der Waals surface area (Å²) in [5.41, 5.74) is 4.68. The van der Waals surface area contributed by atoms with Crippen molar-refractivity contribution in [2.75, 3.05) is 31.6 Å². The molecule has 0 aliphatic heterocycles. The average Bonchev–Trinajstić information content (AvgIpc) is 2.92. The van der Waals surface area contributed by atoms with Gasteiger partial charge in [-0.1, -0.05) is 37.6 Å². The van der Waals surface area contributed by atoms with E-state index in [4.69, 9.17) is 26.1 Å². The van der Waals surface area contributed by atoms with Crippen molar-refractivity contribution >= 4 is 23.2 Å². The average molecular weight is 517 g/mol. The molecule has 4 rings (SSSR count). The van der Waals surface area contributed by atoms with Gasteiger partial charge in [-0.3, -0.25) is 0 Å². The van der Waals surface area contributed by atoms with Gasteiger partial charge in [0.25, 0.3) is 0 Å². The molecule has 0 amide bonds. The van der Waals surface area contributed by atoms with Crippen molar-refractivity contribution in [3.63, 3.8) is 0 Å². The molecule has 6 nitrogen and oxygen atoms in total. The molecule has 7 heteroatoms. The van der Waals surface area contributed by atoms with E-state index in [-0.39, 0.29) is 0 Å². The van der Waals surface area contributed by atoms with Gasteiger partial charge >= 0.3 is 0 Å². The Balaban J connectivity index is 1.36. The Hall–Kier alpha value is -3.61. The number of rotatable bonds is 12. The third-order valence-corrected chi connectivity index (χ3v) is 6.26. The minimum atomic E-state index is 0.483. The van der Waals surface area contributed by atoms with Crippen LogP contribution < -0.4 is 14.8 Å². The first-order valence-corrected chi connectivity index (χ1v) is 13.0. The van der Waals surface area contributed by atoms with Gasteiger partial charge in [-0.2, -0.15) is 0 Å². The van der Waals surface area contributed by atoms with E-state index in [2.05, 4.69) is 29.0 Å². The molecule has 1 heterocycles. The molecule has 0 aliphatic rings. The van der Waals surface area contributed by atoms with E-state index in [9.17, 15) is 0 Å². The molecule has 0 atom stereocenters. The Kier molecular flexibility index (Phi) is 9.35. The number of benzene rings is 3. The molecule has 3 aromatic carbocycles. The second-order valence-corrected chi connectivity index (χ2v) is 9.12. The zero-order valence-electron chi connectivity index (χ0n) is 21.6. The molecule has 0 aliphatic carbocycles. The van der Waals surface area contributed by atoms with Crippen molar-refractivity contribution in [2.45, 2.75) is 27.4 Å². The zero-order valence-corrected chi connectivity index (χ0v) is 22.3. The molecule has 0 unspecified atom stereocenters. The molecule has 0 saturated carbocycles. The van der Waals surface area contributed by atoms with E-state index in [0.717, 1.165) is 64.4 Å². The highest BCUT2D eigenvalue weighted by Gasteiger charge is 2.07. The van der Waals surface area contributed by atoms with E-state index in [1.807, 2.05) is 85.8 Å². The third kappa shape index (κ3) is 7.94. The van der Waals surface area contributed by atoms with Gasteiger partial charge in [0.2, 0.25) is 5.95 Å². The van der Waals surface area contributed by atoms with Gasteiger partial charge in [-0.25, -0.2) is 9.97 Å². The molecule has 1 N–H and O–H groups in total. The summed E-state index contributed by atoms with van der Waals surface area (Å²) in [6, 6.07) is 25.4. The number of halogens is 1. The van der Waals surface area contributed by atoms with Crippen LogP contribution in [0.3, 0.4) is 0 Å². The Labute approximate surface area is 224 Å². The van der Waals surface area contributed by atoms with Crippen LogP contribution in [0, 0.1) is 6.92 Å². The van der Waals surface area contributed by atoms with Crippen molar-refractivity contribution in [3.05, 3.63) is 95.1 Å². The van der Waals surface area contributed by atoms with Crippen LogP contribution in [0.15, 0.2) is 78.9 Å². The maximum atomic E-state index is 5.95. The lowest BCUT2D eigenvalue weighted by atomic mass is 10.1. The highest BCUT2D eigenvalue weighted by Crippen LogP contribution is 2.25. The predicted octanol–water partition coefficient (Wildman–Crippen LogP) is 7.15. The number of likely N-dealkylation sites (N-methyl/N-ethyl adjacent to an activating group) is 1. The lowest BCUT2D eigenvalue weighted by Crippen LogP contribution is -2.27. The summed E-state index contributed by atoms with van der Waals surface area (Å²) in [5.74, 6) is 2.19. The molecule has 37 heavy (non-hydrogen) atoms. The number of hydrogen-bond donors (Lipinski definition) is 1. The van der Waals surface area contributed by atoms with Crippen LogP contribution in [-0.4, -0.2) is 41.1 Å². The van der Waals surface area contributed by atoms with Gasteiger partial charge in [0, 0.05) is 28.5 Å². The second kappa shape index (κ2) is 13.1. The molecule has 0 fully saturated rings. The van der Waals surface area contributed by atoms with Gasteiger partial charge < -0.3 is 19.7 Å². The van der Waals surface area contributed by atoms with E-state index in [1.165, 1.54) is 0 Å². The normalized spacial score (nSPS) is 10.9. The monoisotopic (exact) mass is 516 g/mol. The lowest BCUT2D eigenvalue weighted by Gasteiger charge is -2.18. The number of ether oxygens (including phenoxy) is 2. The van der Waals surface area contributed by atoms with Crippen molar-refractivity contribution in [1.82, 2.24) is 14.9 Å². The molecule has 0 saturated heterocycles. The summed E-state index contributed by atoms with van der Waals surface area (Å²) >= 11 is 5.95. The first-order chi connectivity index (χ1) is 18.0. The summed E-state index contributed by atoms with van der Waals surface area (Å²) in [4.78, 5) is 11.6. The molecule has 0 radical (unpaired) electrons. The van der Waals surface area contributed by atoms with Crippen molar-refractivity contribution in [2.24, 2.45) is 0 Å². The molecule has 0 spiro atoms. The smallest absolute Gasteiger partial charge is 0.227 e. The van der Waals surface area contributed by atoms with Crippen molar-refractivity contribution in [3.8, 4) is 22.8 Å². The fraction of sp³-hybridized carbons (Fsp3) is 0.267. The van der Waals surface area contributed by atoms with Gasteiger partial charge in [0.1, 0.15) is 24.7 Å². The molecule has 192 valence electrons. The highest BCUT2D eigenvalue weighted by atomic mass is 35.5. The number of anilines is 2. The first-order valence-electron chi connectivity index (χ1n) is 12.6. The van der Waals surface area contributed by atoms with Crippen LogP contribution >= 0.6 is 11.6 Å². The third-order valence-electron chi connectivity index (χ3n) is 6.00. The summed E-state index contributed by atoms with van der Waals surface area (Å²) < 4.78 is 11.8. The van der Waals surface area contributed by atoms with Gasteiger partial charge in [0.05, 0.1) is 5.69 Å². The summed E-state index contributed by atoms with van der Waals surface area (Å²) in [5, 5.41) is 4.03. The van der Waals surface area contributed by atoms with E-state index in [0.29, 0.717) is 19.2 Å². The summed E-state index contributed by atoms with van der Waals surface area (Å²) in [6.45, 7) is 10.4. The number of aryl methyl sites for hydroxylation is 1. The van der Waals surface area contributed by atoms with Crippen LogP contribution in [0.1, 0.15) is 25.1 Å². The Morgan fingerprint density at radius 1 is 0.811 bits per heavy atom. The van der Waals surface area contributed by atoms with Crippen molar-refractivity contribution in [1.29, 1.82) is 0 Å². The Morgan fingerprint density at radius 2 is 1.46 bits per heavy atom. The maximum absolute atomic E-state index is 5.95. The van der Waals surface area contributed by atoms with E-state index < -0.39 is 0 Å². The van der Waals surface area contributed by atoms with Crippen LogP contribution in [-0.2, 0) is 6.61 Å². The number of hydrogen-bond acceptors (Lipinski definition) is 6. The second-order valence-electron chi connectivity index (χ2n) is 8.68. The fourth-order valence-corrected chi connectivity index (χ4v) is 3.96. The highest BCUT2D eigenvalue weighted by molar-refractivity contribution is 6.30. The summed E-state index contributed by atoms with van der Waals surface area (Å²) in [6.07, 6.45) is 0. The van der Waals surface area contributed by atoms with E-state index in [1.54, 1.807) is 0 Å². The van der Waals surface area contributed by atoms with Gasteiger partial charge in [-0.05, 0) is 92.3 Å². The zero-order chi connectivity index (χ0) is 26.0. The van der Waals surface area contributed by atoms with Crippen LogP contribution in [0.4, 0.5) is 11.6 Å². The molecule has 1 aromatic heterocycles. The lowest BCUT2D eigenvalue weighted by molar-refractivity contribution is 0.223. The quantitative estimate of drug-likeness (QED) is 0.216. The van der Waals surface area contributed by atoms with Gasteiger partial charge in [0.15, 0.2) is 0 Å². The minimum Gasteiger partial charge on any atom is -0.492 e. The predicted molar refractivity (Wildman–Crippen MR) is 151 cm³/mol. The van der Waals surface area contributed by atoms with E-state index >= 15 is 0 Å². The van der Waals surface area contributed by atoms with Crippen molar-refractivity contribution < 1.29 is 9.47 Å². The maximum Gasteiger partial charge on any atom is 0.227 e. The molecule has 4 aromatic rings. The number of nitrogens with one attached hydrogen (secondary N) is 1. The minimum absolute atomic E-state index is 0.483. The van der Waals surface area contributed by atoms with Crippen LogP contribution in [0.5, 0.6) is 11.5 Å².